The monoisotopic (exact) mass is 318 g/mol. The highest BCUT2D eigenvalue weighted by Crippen LogP contribution is 2.17. The molecule has 0 unspecified atom stereocenters. The maximum atomic E-state index is 12.0. The van der Waals surface area contributed by atoms with Crippen LogP contribution in [0.1, 0.15) is 5.69 Å². The van der Waals surface area contributed by atoms with Gasteiger partial charge in [-0.05, 0) is 39.5 Å². The maximum absolute atomic E-state index is 12.0. The molecule has 0 aliphatic rings. The van der Waals surface area contributed by atoms with Crippen molar-refractivity contribution in [1.82, 2.24) is 14.8 Å². The van der Waals surface area contributed by atoms with Crippen molar-refractivity contribution in [3.8, 4) is 5.69 Å². The first-order valence-electron chi connectivity index (χ1n) is 5.74. The van der Waals surface area contributed by atoms with Gasteiger partial charge in [-0.15, -0.1) is 0 Å². The zero-order valence-corrected chi connectivity index (χ0v) is 11.5. The van der Waals surface area contributed by atoms with E-state index in [4.69, 9.17) is 5.73 Å². The van der Waals surface area contributed by atoms with Crippen LogP contribution in [0.2, 0.25) is 0 Å². The molecule has 0 fully saturated rings. The number of nitrogens with zero attached hydrogens (tertiary/aromatic N) is 2. The molecule has 0 aliphatic heterocycles. The van der Waals surface area contributed by atoms with Crippen LogP contribution in [0.15, 0.2) is 45.9 Å². The van der Waals surface area contributed by atoms with Crippen LogP contribution in [0.3, 0.4) is 0 Å². The lowest BCUT2D eigenvalue weighted by Gasteiger charge is -2.05. The lowest BCUT2D eigenvalue weighted by molar-refractivity contribution is 0.881. The number of nitrogens with two attached hydrogens (primary N) is 1. The molecular formula is C13H11BrN4O. The van der Waals surface area contributed by atoms with E-state index in [0.717, 1.165) is 21.2 Å². The van der Waals surface area contributed by atoms with Gasteiger partial charge in [0.25, 0.3) is 5.56 Å². The van der Waals surface area contributed by atoms with Crippen molar-refractivity contribution in [2.75, 3.05) is 0 Å². The predicted octanol–water partition coefficient (Wildman–Crippen LogP) is 1.93. The molecular weight excluding hydrogens is 308 g/mol. The standard InChI is InChI=1S/C13H11BrN4O/c14-9-6-16-18(7-9)11-2-1-8-3-10(5-15)17-13(19)12(8)4-11/h1-4,6-7H,5,15H2,(H,17,19). The number of nitrogens with one attached hydrogen (secondary N) is 1. The van der Waals surface area contributed by atoms with E-state index in [1.165, 1.54) is 0 Å². The number of hydrogen-bond acceptors (Lipinski definition) is 3. The van der Waals surface area contributed by atoms with E-state index in [-0.39, 0.29) is 5.56 Å². The molecule has 3 aromatic rings. The largest absolute Gasteiger partial charge is 0.325 e. The molecule has 0 radical (unpaired) electrons. The number of aromatic amines is 1. The number of fused-ring (bicyclic) bond motifs is 1. The van der Waals surface area contributed by atoms with Crippen molar-refractivity contribution in [1.29, 1.82) is 0 Å². The highest BCUT2D eigenvalue weighted by atomic mass is 79.9. The SMILES string of the molecule is NCc1cc2ccc(-n3cc(Br)cn3)cc2c(=O)[nH]1. The number of hydrogen-bond donors (Lipinski definition) is 2. The number of halogens is 1. The number of aromatic nitrogens is 3. The fourth-order valence-electron chi connectivity index (χ4n) is 2.00. The van der Waals surface area contributed by atoms with Gasteiger partial charge in [-0.25, -0.2) is 4.68 Å². The van der Waals surface area contributed by atoms with Crippen molar-refractivity contribution < 1.29 is 0 Å². The first-order valence-corrected chi connectivity index (χ1v) is 6.53. The second-order valence-corrected chi connectivity index (χ2v) is 5.12. The highest BCUT2D eigenvalue weighted by Gasteiger charge is 2.05. The Balaban J connectivity index is 2.21. The third kappa shape index (κ3) is 2.20. The molecule has 3 rings (SSSR count). The fraction of sp³-hybridized carbons (Fsp3) is 0.0769. The summed E-state index contributed by atoms with van der Waals surface area (Å²) in [4.78, 5) is 14.8. The summed E-state index contributed by atoms with van der Waals surface area (Å²) < 4.78 is 2.60. The van der Waals surface area contributed by atoms with Crippen molar-refractivity contribution in [2.24, 2.45) is 5.73 Å². The highest BCUT2D eigenvalue weighted by molar-refractivity contribution is 9.10. The minimum atomic E-state index is -0.133. The molecule has 0 aliphatic carbocycles. The fourth-order valence-corrected chi connectivity index (χ4v) is 2.28. The van der Waals surface area contributed by atoms with Crippen LogP contribution in [-0.2, 0) is 6.54 Å². The van der Waals surface area contributed by atoms with E-state index in [2.05, 4.69) is 26.0 Å². The summed E-state index contributed by atoms with van der Waals surface area (Å²) in [5, 5.41) is 5.69. The molecule has 6 heteroatoms. The second-order valence-electron chi connectivity index (χ2n) is 4.20. The Morgan fingerprint density at radius 2 is 2.21 bits per heavy atom. The summed E-state index contributed by atoms with van der Waals surface area (Å²) >= 11 is 3.35. The molecule has 0 saturated carbocycles. The molecule has 0 spiro atoms. The molecule has 0 amide bonds. The van der Waals surface area contributed by atoms with E-state index < -0.39 is 0 Å². The lowest BCUT2D eigenvalue weighted by Crippen LogP contribution is -2.12. The third-order valence-electron chi connectivity index (χ3n) is 2.92. The summed E-state index contributed by atoms with van der Waals surface area (Å²) in [6.45, 7) is 0.318. The van der Waals surface area contributed by atoms with E-state index in [9.17, 15) is 4.79 Å². The predicted molar refractivity (Wildman–Crippen MR) is 77.3 cm³/mol. The average Bonchev–Trinajstić information content (AvgIpc) is 2.85. The van der Waals surface area contributed by atoms with Gasteiger partial charge >= 0.3 is 0 Å². The average molecular weight is 319 g/mol. The van der Waals surface area contributed by atoms with Gasteiger partial charge in [0.15, 0.2) is 0 Å². The second kappa shape index (κ2) is 4.64. The van der Waals surface area contributed by atoms with Crippen LogP contribution >= 0.6 is 15.9 Å². The van der Waals surface area contributed by atoms with E-state index in [0.29, 0.717) is 11.9 Å². The molecule has 96 valence electrons. The van der Waals surface area contributed by atoms with E-state index in [1.54, 1.807) is 10.9 Å². The Morgan fingerprint density at radius 1 is 1.37 bits per heavy atom. The summed E-state index contributed by atoms with van der Waals surface area (Å²) in [6, 6.07) is 7.52. The van der Waals surface area contributed by atoms with Crippen molar-refractivity contribution in [2.45, 2.75) is 6.54 Å². The maximum Gasteiger partial charge on any atom is 0.256 e. The number of H-pyrrole nitrogens is 1. The van der Waals surface area contributed by atoms with Crippen LogP contribution in [0, 0.1) is 0 Å². The number of rotatable bonds is 2. The first kappa shape index (κ1) is 12.1. The Morgan fingerprint density at radius 3 is 2.89 bits per heavy atom. The Kier molecular flexibility index (Phi) is 2.96. The van der Waals surface area contributed by atoms with Gasteiger partial charge in [0.1, 0.15) is 0 Å². The van der Waals surface area contributed by atoms with Crippen LogP contribution in [0.5, 0.6) is 0 Å². The van der Waals surface area contributed by atoms with E-state index in [1.807, 2.05) is 30.5 Å². The molecule has 3 N–H and O–H groups in total. The summed E-state index contributed by atoms with van der Waals surface area (Å²) in [6.07, 6.45) is 3.54. The summed E-state index contributed by atoms with van der Waals surface area (Å²) in [5.74, 6) is 0. The Bertz CT molecular complexity index is 806. The molecule has 0 atom stereocenters. The molecule has 19 heavy (non-hydrogen) atoms. The van der Waals surface area contributed by atoms with Crippen LogP contribution in [0.25, 0.3) is 16.5 Å². The normalized spacial score (nSPS) is 11.1. The quantitative estimate of drug-likeness (QED) is 0.758. The lowest BCUT2D eigenvalue weighted by atomic mass is 10.1. The first-order chi connectivity index (χ1) is 9.17. The Hall–Kier alpha value is -1.92. The molecule has 5 nitrogen and oxygen atoms in total. The number of benzene rings is 1. The molecule has 0 saturated heterocycles. The van der Waals surface area contributed by atoms with E-state index >= 15 is 0 Å². The van der Waals surface area contributed by atoms with Gasteiger partial charge in [-0.2, -0.15) is 5.10 Å². The zero-order valence-electron chi connectivity index (χ0n) is 9.93. The van der Waals surface area contributed by atoms with Crippen molar-refractivity contribution in [3.63, 3.8) is 0 Å². The zero-order chi connectivity index (χ0) is 13.4. The van der Waals surface area contributed by atoms with Crippen molar-refractivity contribution >= 4 is 26.7 Å². The van der Waals surface area contributed by atoms with Gasteiger partial charge < -0.3 is 10.7 Å². The summed E-state index contributed by atoms with van der Waals surface area (Å²) in [5.41, 5.74) is 6.98. The third-order valence-corrected chi connectivity index (χ3v) is 3.33. The van der Waals surface area contributed by atoms with Gasteiger partial charge in [0, 0.05) is 23.8 Å². The van der Waals surface area contributed by atoms with Crippen LogP contribution in [0.4, 0.5) is 0 Å². The molecule has 1 aromatic carbocycles. The molecule has 0 bridgehead atoms. The van der Waals surface area contributed by atoms with Crippen LogP contribution < -0.4 is 11.3 Å². The molecule has 2 aromatic heterocycles. The molecule has 2 heterocycles. The van der Waals surface area contributed by atoms with Gasteiger partial charge in [0.05, 0.1) is 16.4 Å². The van der Waals surface area contributed by atoms with Crippen molar-refractivity contribution in [3.05, 3.63) is 57.2 Å². The Labute approximate surface area is 117 Å². The minimum absolute atomic E-state index is 0.133. The smallest absolute Gasteiger partial charge is 0.256 e. The topological polar surface area (TPSA) is 76.7 Å². The van der Waals surface area contributed by atoms with Gasteiger partial charge in [-0.1, -0.05) is 6.07 Å². The van der Waals surface area contributed by atoms with Gasteiger partial charge in [-0.3, -0.25) is 4.79 Å². The van der Waals surface area contributed by atoms with Gasteiger partial charge in [0.2, 0.25) is 0 Å². The number of pyridine rings is 1. The minimum Gasteiger partial charge on any atom is -0.325 e. The van der Waals surface area contributed by atoms with Crippen LogP contribution in [-0.4, -0.2) is 14.8 Å². The summed E-state index contributed by atoms with van der Waals surface area (Å²) in [7, 11) is 0.